The molecule has 1 heterocycles. The molecule has 0 spiro atoms. The van der Waals surface area contributed by atoms with Crippen LogP contribution in [0.1, 0.15) is 105 Å². The molecule has 0 unspecified atom stereocenters. The van der Waals surface area contributed by atoms with Crippen molar-refractivity contribution >= 4 is 22.9 Å². The van der Waals surface area contributed by atoms with Crippen molar-refractivity contribution in [1.82, 2.24) is 0 Å². The molecule has 1 aromatic heterocycles. The van der Waals surface area contributed by atoms with E-state index in [0.29, 0.717) is 18.8 Å². The van der Waals surface area contributed by atoms with Gasteiger partial charge in [-0.2, -0.15) is 4.57 Å². The minimum Gasteiger partial charge on any atom is -0.490 e. The topological polar surface area (TPSA) is 42.2 Å². The molecule has 0 atom stereocenters. The third-order valence-electron chi connectivity index (χ3n) is 6.80. The highest BCUT2D eigenvalue weighted by Gasteiger charge is 2.19. The Morgan fingerprint density at radius 3 is 2.21 bits per heavy atom. The first kappa shape index (κ1) is 29.8. The van der Waals surface area contributed by atoms with Crippen LogP contribution in [0.5, 0.6) is 5.75 Å². The molecule has 206 valence electrons. The van der Waals surface area contributed by atoms with Crippen LogP contribution in [0.25, 0.3) is 0 Å². The van der Waals surface area contributed by atoms with Crippen LogP contribution in [0, 0.1) is 12.7 Å². The summed E-state index contributed by atoms with van der Waals surface area (Å²) < 4.78 is 22.6. The van der Waals surface area contributed by atoms with Gasteiger partial charge in [0.2, 0.25) is 5.51 Å². The Bertz CT molecular complexity index is 1110. The van der Waals surface area contributed by atoms with Crippen LogP contribution in [0.4, 0.5) is 10.1 Å². The number of benzene rings is 2. The molecule has 3 rings (SSSR count). The lowest BCUT2D eigenvalue weighted by Crippen LogP contribution is -2.31. The number of ether oxygens (including phenoxy) is 1. The number of aromatic nitrogens is 1. The lowest BCUT2D eigenvalue weighted by Gasteiger charge is -2.14. The van der Waals surface area contributed by atoms with Gasteiger partial charge in [0.25, 0.3) is 5.91 Å². The lowest BCUT2D eigenvalue weighted by atomic mass is 10.1. The van der Waals surface area contributed by atoms with E-state index >= 15 is 0 Å². The summed E-state index contributed by atoms with van der Waals surface area (Å²) in [5.41, 5.74) is 3.98. The molecule has 4 nitrogen and oxygen atoms in total. The van der Waals surface area contributed by atoms with Gasteiger partial charge in [0, 0.05) is 5.56 Å². The molecule has 0 bridgehead atoms. The monoisotopic (exact) mass is 539 g/mol. The van der Waals surface area contributed by atoms with E-state index in [-0.39, 0.29) is 17.2 Å². The van der Waals surface area contributed by atoms with Crippen LogP contribution < -0.4 is 14.6 Å². The summed E-state index contributed by atoms with van der Waals surface area (Å²) in [5.74, 6) is -0.837. The number of nitrogens with one attached hydrogen (secondary N) is 1. The number of nitrogens with zero attached hydrogens (tertiary/aromatic N) is 1. The van der Waals surface area contributed by atoms with Crippen LogP contribution in [-0.4, -0.2) is 12.5 Å². The molecule has 1 amide bonds. The number of unbranched alkanes of at least 4 members (excludes halogenated alkanes) is 11. The molecule has 0 radical (unpaired) electrons. The molecule has 1 N–H and O–H groups in total. The van der Waals surface area contributed by atoms with Crippen molar-refractivity contribution in [3.63, 3.8) is 0 Å². The highest BCUT2D eigenvalue weighted by molar-refractivity contribution is 7.09. The Morgan fingerprint density at radius 1 is 0.895 bits per heavy atom. The van der Waals surface area contributed by atoms with Crippen LogP contribution in [0.2, 0.25) is 0 Å². The van der Waals surface area contributed by atoms with E-state index in [4.69, 9.17) is 4.74 Å². The van der Waals surface area contributed by atoms with Crippen molar-refractivity contribution < 1.29 is 18.5 Å². The van der Waals surface area contributed by atoms with Crippen molar-refractivity contribution in [3.05, 3.63) is 76.0 Å². The zero-order valence-electron chi connectivity index (χ0n) is 23.1. The molecule has 0 saturated heterocycles. The maximum Gasteiger partial charge on any atom is 0.259 e. The highest BCUT2D eigenvalue weighted by atomic mass is 32.1. The van der Waals surface area contributed by atoms with Gasteiger partial charge in [0.05, 0.1) is 22.7 Å². The number of anilines is 1. The van der Waals surface area contributed by atoms with Gasteiger partial charge < -0.3 is 10.1 Å². The van der Waals surface area contributed by atoms with Gasteiger partial charge >= 0.3 is 0 Å². The van der Waals surface area contributed by atoms with E-state index in [9.17, 15) is 9.18 Å². The standard InChI is InChI=1S/C32H43FN2O2S/c1-3-4-5-6-7-8-9-10-11-12-13-16-22-37-31-28(19-17-20-29(31)33)32(36)34-30-21-15-14-18-27(30)24-35-23-26(2)38-25-35/h14-15,17-21,23,25H,3-13,16,22,24H2,1-2H3/p+1. The largest absolute Gasteiger partial charge is 0.490 e. The molecule has 0 saturated carbocycles. The van der Waals surface area contributed by atoms with Crippen LogP contribution in [0.15, 0.2) is 54.2 Å². The normalized spacial score (nSPS) is 11.0. The van der Waals surface area contributed by atoms with Crippen molar-refractivity contribution in [2.45, 2.75) is 97.4 Å². The Morgan fingerprint density at radius 2 is 1.55 bits per heavy atom. The second-order valence-electron chi connectivity index (χ2n) is 10.1. The number of halogens is 1. The van der Waals surface area contributed by atoms with Gasteiger partial charge in [-0.05, 0) is 31.5 Å². The fourth-order valence-corrected chi connectivity index (χ4v) is 5.28. The maximum atomic E-state index is 14.7. The summed E-state index contributed by atoms with van der Waals surface area (Å²) in [5, 5.41) is 2.98. The van der Waals surface area contributed by atoms with Gasteiger partial charge in [-0.1, -0.05) is 113 Å². The number of hydrogen-bond donors (Lipinski definition) is 1. The van der Waals surface area contributed by atoms with Gasteiger partial charge in [-0.25, -0.2) is 4.39 Å². The fraction of sp³-hybridized carbons (Fsp3) is 0.500. The predicted octanol–water partition coefficient (Wildman–Crippen LogP) is 8.86. The highest BCUT2D eigenvalue weighted by Crippen LogP contribution is 2.25. The second kappa shape index (κ2) is 17.0. The smallest absolute Gasteiger partial charge is 0.259 e. The van der Waals surface area contributed by atoms with Crippen molar-refractivity contribution in [1.29, 1.82) is 0 Å². The first-order valence-electron chi connectivity index (χ1n) is 14.3. The Labute approximate surface area is 232 Å². The second-order valence-corrected chi connectivity index (χ2v) is 11.2. The average molecular weight is 540 g/mol. The number of amides is 1. The Balaban J connectivity index is 1.43. The van der Waals surface area contributed by atoms with Gasteiger partial charge in [-0.15, -0.1) is 0 Å². The quantitative estimate of drug-likeness (QED) is 0.130. The zero-order chi connectivity index (χ0) is 27.0. The fourth-order valence-electron chi connectivity index (χ4n) is 4.65. The number of hydrogen-bond acceptors (Lipinski definition) is 3. The van der Waals surface area contributed by atoms with E-state index < -0.39 is 5.82 Å². The third-order valence-corrected chi connectivity index (χ3v) is 7.65. The molecule has 38 heavy (non-hydrogen) atoms. The molecule has 0 aliphatic rings. The third kappa shape index (κ3) is 10.2. The maximum absolute atomic E-state index is 14.7. The van der Waals surface area contributed by atoms with Crippen molar-refractivity contribution in [2.75, 3.05) is 11.9 Å². The summed E-state index contributed by atoms with van der Waals surface area (Å²) in [6.45, 7) is 5.37. The molecule has 3 aromatic rings. The number of carbonyl (C=O) groups is 1. The van der Waals surface area contributed by atoms with Crippen LogP contribution >= 0.6 is 11.3 Å². The van der Waals surface area contributed by atoms with E-state index in [1.165, 1.54) is 75.2 Å². The number of thiazole rings is 1. The predicted molar refractivity (Wildman–Crippen MR) is 156 cm³/mol. The average Bonchev–Trinajstić information content (AvgIpc) is 3.33. The molecule has 0 aliphatic heterocycles. The summed E-state index contributed by atoms with van der Waals surface area (Å²) in [6.07, 6.45) is 17.2. The van der Waals surface area contributed by atoms with Crippen molar-refractivity contribution in [3.8, 4) is 5.75 Å². The number of rotatable bonds is 18. The minimum absolute atomic E-state index is 0.0355. The van der Waals surface area contributed by atoms with Gasteiger partial charge in [0.1, 0.15) is 0 Å². The number of carbonyl (C=O) groups excluding carboxylic acids is 1. The van der Waals surface area contributed by atoms with E-state index in [2.05, 4.69) is 35.4 Å². The summed E-state index contributed by atoms with van der Waals surface area (Å²) >= 11 is 1.68. The number of aryl methyl sites for hydroxylation is 1. The van der Waals surface area contributed by atoms with E-state index in [0.717, 1.165) is 18.4 Å². The Hall–Kier alpha value is -2.73. The molecule has 0 aliphatic carbocycles. The molecular weight excluding hydrogens is 495 g/mol. The number of para-hydroxylation sites is 2. The van der Waals surface area contributed by atoms with Gasteiger partial charge in [0.15, 0.2) is 24.3 Å². The van der Waals surface area contributed by atoms with Crippen molar-refractivity contribution in [2.24, 2.45) is 0 Å². The molecule has 0 fully saturated rings. The summed E-state index contributed by atoms with van der Waals surface area (Å²) in [6, 6.07) is 12.2. The first-order valence-corrected chi connectivity index (χ1v) is 15.2. The molecular formula is C32H44FN2O2S+. The van der Waals surface area contributed by atoms with Crippen LogP contribution in [-0.2, 0) is 6.54 Å². The van der Waals surface area contributed by atoms with Gasteiger partial charge in [-0.3, -0.25) is 4.79 Å². The zero-order valence-corrected chi connectivity index (χ0v) is 24.0. The van der Waals surface area contributed by atoms with E-state index in [1.54, 1.807) is 23.5 Å². The lowest BCUT2D eigenvalue weighted by molar-refractivity contribution is -0.683. The first-order chi connectivity index (χ1) is 18.6. The molecule has 2 aromatic carbocycles. The van der Waals surface area contributed by atoms with E-state index in [1.807, 2.05) is 24.3 Å². The van der Waals surface area contributed by atoms with Crippen LogP contribution in [0.3, 0.4) is 0 Å². The summed E-state index contributed by atoms with van der Waals surface area (Å²) in [7, 11) is 0. The minimum atomic E-state index is -0.505. The molecule has 6 heteroatoms. The SMILES string of the molecule is CCCCCCCCCCCCCCOc1c(F)cccc1C(=O)Nc1ccccc1C[n+]1csc(C)c1. The summed E-state index contributed by atoms with van der Waals surface area (Å²) in [4.78, 5) is 14.4. The Kier molecular flexibility index (Phi) is 13.3.